The molecule has 5 heteroatoms. The second-order valence-corrected chi connectivity index (χ2v) is 17.1. The average Bonchev–Trinajstić information content (AvgIpc) is 3.08. The minimum absolute atomic E-state index is 0.121. The van der Waals surface area contributed by atoms with E-state index in [2.05, 4.69) is 55.4 Å². The van der Waals surface area contributed by atoms with Crippen molar-refractivity contribution in [3.05, 3.63) is 0 Å². The summed E-state index contributed by atoms with van der Waals surface area (Å²) in [6.07, 6.45) is 12.5. The molecule has 4 fully saturated rings. The Labute approximate surface area is 222 Å². The molecule has 0 amide bonds. The van der Waals surface area contributed by atoms with E-state index >= 15 is 0 Å². The largest absolute Gasteiger partial charge is 0.390 e. The fourth-order valence-electron chi connectivity index (χ4n) is 10.7. The molecule has 0 saturated heterocycles. The predicted octanol–water partition coefficient (Wildman–Crippen LogP) is 7.45. The number of aliphatic hydroxyl groups is 1. The lowest BCUT2D eigenvalue weighted by molar-refractivity contribution is -0.239. The van der Waals surface area contributed by atoms with Gasteiger partial charge in [-0.3, -0.25) is 4.18 Å². The van der Waals surface area contributed by atoms with Gasteiger partial charge in [-0.05, 0) is 110 Å². The van der Waals surface area contributed by atoms with Crippen molar-refractivity contribution in [1.29, 1.82) is 0 Å². The Morgan fingerprint density at radius 2 is 1.50 bits per heavy atom. The molecule has 0 aromatic heterocycles. The Hall–Kier alpha value is -0.130. The minimum atomic E-state index is -3.51. The maximum atomic E-state index is 12.2. The molecule has 0 spiro atoms. The maximum absolute atomic E-state index is 12.2. The topological polar surface area (TPSA) is 63.6 Å². The van der Waals surface area contributed by atoms with E-state index in [0.717, 1.165) is 37.0 Å². The standard InChI is InChI=1S/C31H56O4S/c1-20(2)11-10-12-21(3)22-13-14-23-27-24(15-17-29(22,23)6)30(7)18-16-26(35-36(9,33)34)28(4,5)25(30)19-31(27,8)32/h20-27,32H,10-19H2,1-9H3/t21-,22-,23+,24+,25+,26+,27+,29-,30-,31-/m1/s1. The van der Waals surface area contributed by atoms with Gasteiger partial charge in [-0.25, -0.2) is 0 Å². The van der Waals surface area contributed by atoms with E-state index in [9.17, 15) is 13.5 Å². The van der Waals surface area contributed by atoms with Gasteiger partial charge < -0.3 is 5.11 Å². The molecule has 0 heterocycles. The quantitative estimate of drug-likeness (QED) is 0.351. The zero-order valence-electron chi connectivity index (χ0n) is 24.8. The van der Waals surface area contributed by atoms with E-state index in [0.29, 0.717) is 23.2 Å². The predicted molar refractivity (Wildman–Crippen MR) is 148 cm³/mol. The molecule has 0 aliphatic heterocycles. The number of fused-ring (bicyclic) bond motifs is 5. The van der Waals surface area contributed by atoms with Crippen LogP contribution in [0.2, 0.25) is 0 Å². The van der Waals surface area contributed by atoms with Crippen molar-refractivity contribution in [2.45, 2.75) is 131 Å². The first-order valence-corrected chi connectivity index (χ1v) is 16.9. The highest BCUT2D eigenvalue weighted by Crippen LogP contribution is 2.72. The molecular weight excluding hydrogens is 468 g/mol. The van der Waals surface area contributed by atoms with Crippen molar-refractivity contribution in [1.82, 2.24) is 0 Å². The van der Waals surface area contributed by atoms with E-state index < -0.39 is 15.7 Å². The van der Waals surface area contributed by atoms with Crippen LogP contribution in [0.25, 0.3) is 0 Å². The van der Waals surface area contributed by atoms with Gasteiger partial charge >= 0.3 is 0 Å². The Kier molecular flexibility index (Phi) is 7.62. The number of rotatable bonds is 7. The first kappa shape index (κ1) is 28.9. The van der Waals surface area contributed by atoms with E-state index in [1.54, 1.807) is 0 Å². The van der Waals surface area contributed by atoms with Gasteiger partial charge in [-0.15, -0.1) is 0 Å². The highest BCUT2D eigenvalue weighted by atomic mass is 32.2. The van der Waals surface area contributed by atoms with Crippen LogP contribution in [0.15, 0.2) is 0 Å². The monoisotopic (exact) mass is 524 g/mol. The smallest absolute Gasteiger partial charge is 0.264 e. The van der Waals surface area contributed by atoms with Crippen molar-refractivity contribution in [2.24, 2.45) is 57.7 Å². The molecule has 10 atom stereocenters. The Bertz CT molecular complexity index is 908. The fraction of sp³-hybridized carbons (Fsp3) is 1.00. The third-order valence-corrected chi connectivity index (χ3v) is 13.0. The minimum Gasteiger partial charge on any atom is -0.390 e. The Balaban J connectivity index is 1.59. The summed E-state index contributed by atoms with van der Waals surface area (Å²) in [6.45, 7) is 18.7. The summed E-state index contributed by atoms with van der Waals surface area (Å²) < 4.78 is 29.8. The van der Waals surface area contributed by atoms with Crippen LogP contribution in [0, 0.1) is 57.7 Å². The van der Waals surface area contributed by atoms with E-state index in [-0.39, 0.29) is 22.9 Å². The second-order valence-electron chi connectivity index (χ2n) is 15.5. The Morgan fingerprint density at radius 1 is 0.889 bits per heavy atom. The summed E-state index contributed by atoms with van der Waals surface area (Å²) in [6, 6.07) is 0. The molecule has 36 heavy (non-hydrogen) atoms. The second kappa shape index (κ2) is 9.51. The zero-order valence-corrected chi connectivity index (χ0v) is 25.6. The number of hydrogen-bond donors (Lipinski definition) is 1. The van der Waals surface area contributed by atoms with Crippen LogP contribution in [0.5, 0.6) is 0 Å². The third kappa shape index (κ3) is 4.85. The third-order valence-electron chi connectivity index (χ3n) is 12.4. The average molecular weight is 525 g/mol. The summed E-state index contributed by atoms with van der Waals surface area (Å²) in [4.78, 5) is 0. The van der Waals surface area contributed by atoms with E-state index in [4.69, 9.17) is 4.18 Å². The lowest BCUT2D eigenvalue weighted by Crippen LogP contribution is -2.66. The molecule has 4 rings (SSSR count). The highest BCUT2D eigenvalue weighted by Gasteiger charge is 2.68. The van der Waals surface area contributed by atoms with Crippen molar-refractivity contribution in [2.75, 3.05) is 6.26 Å². The molecule has 0 aromatic rings. The lowest BCUT2D eigenvalue weighted by atomic mass is 9.38. The molecule has 4 aliphatic rings. The van der Waals surface area contributed by atoms with Gasteiger partial charge in [-0.2, -0.15) is 8.42 Å². The molecule has 210 valence electrons. The summed E-state index contributed by atoms with van der Waals surface area (Å²) >= 11 is 0. The van der Waals surface area contributed by atoms with Crippen LogP contribution < -0.4 is 0 Å². The summed E-state index contributed by atoms with van der Waals surface area (Å²) in [7, 11) is -3.51. The Morgan fingerprint density at radius 3 is 2.11 bits per heavy atom. The van der Waals surface area contributed by atoms with Crippen LogP contribution in [0.3, 0.4) is 0 Å². The van der Waals surface area contributed by atoms with Gasteiger partial charge in [0.25, 0.3) is 10.1 Å². The molecule has 0 bridgehead atoms. The zero-order chi connectivity index (χ0) is 26.9. The van der Waals surface area contributed by atoms with Crippen molar-refractivity contribution < 1.29 is 17.7 Å². The van der Waals surface area contributed by atoms with Crippen molar-refractivity contribution >= 4 is 10.1 Å². The van der Waals surface area contributed by atoms with Crippen LogP contribution in [-0.2, 0) is 14.3 Å². The van der Waals surface area contributed by atoms with Crippen molar-refractivity contribution in [3.8, 4) is 0 Å². The molecule has 1 N–H and O–H groups in total. The molecule has 4 aliphatic carbocycles. The van der Waals surface area contributed by atoms with Gasteiger partial charge in [0, 0.05) is 0 Å². The number of hydrogen-bond acceptors (Lipinski definition) is 4. The normalized spacial score (nSPS) is 47.2. The molecule has 0 aromatic carbocycles. The van der Waals surface area contributed by atoms with Gasteiger partial charge in [0.15, 0.2) is 0 Å². The van der Waals surface area contributed by atoms with Crippen LogP contribution in [-0.4, -0.2) is 31.5 Å². The van der Waals surface area contributed by atoms with Gasteiger partial charge in [0.05, 0.1) is 18.0 Å². The van der Waals surface area contributed by atoms with Crippen molar-refractivity contribution in [3.63, 3.8) is 0 Å². The molecule has 4 nitrogen and oxygen atoms in total. The highest BCUT2D eigenvalue weighted by molar-refractivity contribution is 7.86. The van der Waals surface area contributed by atoms with Gasteiger partial charge in [-0.1, -0.05) is 67.7 Å². The van der Waals surface area contributed by atoms with Gasteiger partial charge in [0.1, 0.15) is 0 Å². The molecule has 4 saturated carbocycles. The first-order valence-electron chi connectivity index (χ1n) is 15.0. The van der Waals surface area contributed by atoms with Crippen LogP contribution in [0.1, 0.15) is 120 Å². The summed E-state index contributed by atoms with van der Waals surface area (Å²) in [5.41, 5.74) is -0.566. The lowest BCUT2D eigenvalue weighted by Gasteiger charge is -2.68. The first-order chi connectivity index (χ1) is 16.4. The van der Waals surface area contributed by atoms with E-state index in [1.165, 1.54) is 51.2 Å². The van der Waals surface area contributed by atoms with Gasteiger partial charge in [0.2, 0.25) is 0 Å². The van der Waals surface area contributed by atoms with Crippen LogP contribution in [0.4, 0.5) is 0 Å². The maximum Gasteiger partial charge on any atom is 0.264 e. The molecule has 0 unspecified atom stereocenters. The molecular formula is C31H56O4S. The SMILES string of the molecule is CC(C)CCC[C@@H](C)[C@H]1CC[C@H]2[C@H]3[C@H](CC[C@]12C)[C@@]1(C)CC[C@H](OS(C)(=O)=O)C(C)(C)[C@@H]1C[C@@]3(C)O. The summed E-state index contributed by atoms with van der Waals surface area (Å²) in [5.74, 6) is 3.99. The fourth-order valence-corrected chi connectivity index (χ4v) is 11.5. The van der Waals surface area contributed by atoms with Crippen LogP contribution >= 0.6 is 0 Å². The van der Waals surface area contributed by atoms with E-state index in [1.807, 2.05) is 0 Å². The molecule has 0 radical (unpaired) electrons. The summed E-state index contributed by atoms with van der Waals surface area (Å²) in [5, 5.41) is 12.2.